The molecular weight excluding hydrogens is 100 g/mol. The van der Waals surface area contributed by atoms with Crippen LogP contribution in [0.2, 0.25) is 0 Å². The van der Waals surface area contributed by atoms with E-state index in [1.54, 1.807) is 12.5 Å². The van der Waals surface area contributed by atoms with E-state index in [0.29, 0.717) is 0 Å². The van der Waals surface area contributed by atoms with E-state index < -0.39 is 10.2 Å². The molecule has 6 heavy (non-hydrogen) atoms. The van der Waals surface area contributed by atoms with Crippen molar-refractivity contribution in [3.8, 4) is 0 Å². The monoisotopic (exact) mass is 109 g/mol. The molecule has 0 spiro atoms. The molecule has 0 aromatic rings. The van der Waals surface area contributed by atoms with Crippen LogP contribution < -0.4 is 0 Å². The largest absolute Gasteiger partial charge is 0.211 e. The van der Waals surface area contributed by atoms with Crippen molar-refractivity contribution in [3.63, 3.8) is 0 Å². The van der Waals surface area contributed by atoms with Crippen LogP contribution in [-0.2, 0) is 18.6 Å². The lowest BCUT2D eigenvalue weighted by Crippen LogP contribution is -2.04. The third-order valence-electron chi connectivity index (χ3n) is 0.401. The standard InChI is InChI=1S/C3H9O2S/c1-5-6(2,3)4/h1-3H3/q+1. The fourth-order valence-electron chi connectivity index (χ4n) is 0. The van der Waals surface area contributed by atoms with Gasteiger partial charge >= 0.3 is 0 Å². The minimum Gasteiger partial charge on any atom is -0.177 e. The second-order valence-electron chi connectivity index (χ2n) is 1.31. The van der Waals surface area contributed by atoms with E-state index in [2.05, 4.69) is 4.18 Å². The van der Waals surface area contributed by atoms with E-state index in [9.17, 15) is 4.21 Å². The third-order valence-corrected chi connectivity index (χ3v) is 1.20. The van der Waals surface area contributed by atoms with Crippen LogP contribution in [0.1, 0.15) is 0 Å². The minimum absolute atomic E-state index is 1.43. The highest BCUT2D eigenvalue weighted by Gasteiger charge is 2.06. The van der Waals surface area contributed by atoms with Crippen LogP contribution in [-0.4, -0.2) is 19.6 Å². The molecule has 0 saturated carbocycles. The molecule has 0 bridgehead atoms. The van der Waals surface area contributed by atoms with Crippen molar-refractivity contribution >= 4 is 10.2 Å². The molecule has 0 aliphatic rings. The van der Waals surface area contributed by atoms with Crippen LogP contribution >= 0.6 is 0 Å². The first kappa shape index (κ1) is 6.11. The van der Waals surface area contributed by atoms with E-state index in [-0.39, 0.29) is 0 Å². The Kier molecular flexibility index (Phi) is 1.74. The zero-order chi connectivity index (χ0) is 5.21. The van der Waals surface area contributed by atoms with Crippen molar-refractivity contribution in [2.45, 2.75) is 0 Å². The average molecular weight is 109 g/mol. The van der Waals surface area contributed by atoms with Crippen LogP contribution in [0, 0.1) is 0 Å². The Hall–Kier alpha value is 0.110. The van der Waals surface area contributed by atoms with Gasteiger partial charge in [0.25, 0.3) is 0 Å². The smallest absolute Gasteiger partial charge is 0.177 e. The van der Waals surface area contributed by atoms with Crippen molar-refractivity contribution in [2.24, 2.45) is 0 Å². The fourth-order valence-corrected chi connectivity index (χ4v) is 0. The maximum atomic E-state index is 10.3. The van der Waals surface area contributed by atoms with Crippen LogP contribution in [0.4, 0.5) is 0 Å². The summed E-state index contributed by atoms with van der Waals surface area (Å²) in [7, 11) is -0.479. The van der Waals surface area contributed by atoms with Gasteiger partial charge in [0.05, 0.1) is 7.11 Å². The first-order valence-corrected chi connectivity index (χ1v) is 3.86. The molecule has 2 nitrogen and oxygen atoms in total. The van der Waals surface area contributed by atoms with Crippen molar-refractivity contribution in [1.82, 2.24) is 0 Å². The number of rotatable bonds is 1. The van der Waals surface area contributed by atoms with E-state index in [0.717, 1.165) is 0 Å². The van der Waals surface area contributed by atoms with Gasteiger partial charge in [0.2, 0.25) is 10.2 Å². The molecular formula is C3H9O2S+. The Morgan fingerprint density at radius 2 is 1.67 bits per heavy atom. The highest BCUT2D eigenvalue weighted by atomic mass is 32.3. The average Bonchev–Trinajstić information content (AvgIpc) is 1.35. The summed E-state index contributed by atoms with van der Waals surface area (Å²) in [6.07, 6.45) is 3.10. The summed E-state index contributed by atoms with van der Waals surface area (Å²) in [6, 6.07) is 0. The zero-order valence-corrected chi connectivity index (χ0v) is 5.04. The van der Waals surface area contributed by atoms with Crippen LogP contribution in [0.5, 0.6) is 0 Å². The van der Waals surface area contributed by atoms with Crippen LogP contribution in [0.15, 0.2) is 0 Å². The normalized spacial score (nSPS) is 11.8. The lowest BCUT2D eigenvalue weighted by atomic mass is 11.8. The first-order valence-electron chi connectivity index (χ1n) is 1.56. The van der Waals surface area contributed by atoms with Crippen LogP contribution in [0.3, 0.4) is 0 Å². The van der Waals surface area contributed by atoms with Crippen molar-refractivity contribution in [1.29, 1.82) is 0 Å². The number of hydrogen-bond acceptors (Lipinski definition) is 2. The molecule has 0 atom stereocenters. The molecule has 0 heterocycles. The van der Waals surface area contributed by atoms with Crippen molar-refractivity contribution in [2.75, 3.05) is 19.6 Å². The van der Waals surface area contributed by atoms with E-state index in [4.69, 9.17) is 0 Å². The maximum Gasteiger partial charge on any atom is 0.211 e. The molecule has 0 radical (unpaired) electrons. The van der Waals surface area contributed by atoms with Gasteiger partial charge in [-0.05, 0) is 0 Å². The van der Waals surface area contributed by atoms with Crippen molar-refractivity contribution in [3.05, 3.63) is 0 Å². The van der Waals surface area contributed by atoms with E-state index in [1.165, 1.54) is 7.11 Å². The molecule has 0 aromatic carbocycles. The van der Waals surface area contributed by atoms with E-state index >= 15 is 0 Å². The summed E-state index contributed by atoms with van der Waals surface area (Å²) >= 11 is 0. The molecule has 38 valence electrons. The SMILES string of the molecule is CO[S+](C)(C)=O. The summed E-state index contributed by atoms with van der Waals surface area (Å²) in [4.78, 5) is 0. The Balaban J connectivity index is 3.48. The highest BCUT2D eigenvalue weighted by Crippen LogP contribution is 1.89. The third kappa shape index (κ3) is 4.11. The minimum atomic E-state index is -1.91. The van der Waals surface area contributed by atoms with Gasteiger partial charge in [-0.2, -0.15) is 4.18 Å². The Morgan fingerprint density at radius 3 is 1.67 bits per heavy atom. The molecule has 0 saturated heterocycles. The van der Waals surface area contributed by atoms with Crippen molar-refractivity contribution < 1.29 is 8.39 Å². The predicted molar refractivity (Wildman–Crippen MR) is 26.9 cm³/mol. The van der Waals surface area contributed by atoms with Gasteiger partial charge < -0.3 is 0 Å². The molecule has 0 aliphatic carbocycles. The summed E-state index contributed by atoms with van der Waals surface area (Å²) < 4.78 is 14.8. The van der Waals surface area contributed by atoms with Gasteiger partial charge in [0.1, 0.15) is 12.5 Å². The van der Waals surface area contributed by atoms with Gasteiger partial charge in [-0.3, -0.25) is 0 Å². The summed E-state index contributed by atoms with van der Waals surface area (Å²) in [5, 5.41) is 0. The van der Waals surface area contributed by atoms with E-state index in [1.807, 2.05) is 0 Å². The zero-order valence-electron chi connectivity index (χ0n) is 4.22. The van der Waals surface area contributed by atoms with Crippen LogP contribution in [0.25, 0.3) is 0 Å². The molecule has 0 amide bonds. The quantitative estimate of drug-likeness (QED) is 0.453. The number of hydrogen-bond donors (Lipinski definition) is 0. The molecule has 0 unspecified atom stereocenters. The lowest BCUT2D eigenvalue weighted by molar-refractivity contribution is 0.420. The fraction of sp³-hybridized carbons (Fsp3) is 1.00. The van der Waals surface area contributed by atoms with Gasteiger partial charge in [-0.15, -0.1) is 0 Å². The Labute approximate surface area is 39.1 Å². The second kappa shape index (κ2) is 1.71. The molecule has 0 fully saturated rings. The molecule has 3 heteroatoms. The second-order valence-corrected chi connectivity index (χ2v) is 3.93. The Bertz CT molecular complexity index is 72.9. The molecule has 0 rings (SSSR count). The van der Waals surface area contributed by atoms with Gasteiger partial charge in [0, 0.05) is 0 Å². The topological polar surface area (TPSA) is 26.3 Å². The summed E-state index contributed by atoms with van der Waals surface area (Å²) in [5.74, 6) is 0. The highest BCUT2D eigenvalue weighted by molar-refractivity contribution is 7.97. The van der Waals surface area contributed by atoms with Gasteiger partial charge in [-0.25, -0.2) is 0 Å². The van der Waals surface area contributed by atoms with Gasteiger partial charge in [0.15, 0.2) is 0 Å². The Morgan fingerprint density at radius 1 is 1.50 bits per heavy atom. The molecule has 0 aromatic heterocycles. The lowest BCUT2D eigenvalue weighted by Gasteiger charge is -1.89. The summed E-state index contributed by atoms with van der Waals surface area (Å²) in [6.45, 7) is 0. The predicted octanol–water partition coefficient (Wildman–Crippen LogP) is 0.307. The molecule has 0 N–H and O–H groups in total. The van der Waals surface area contributed by atoms with Gasteiger partial charge in [-0.1, -0.05) is 4.21 Å². The maximum absolute atomic E-state index is 10.3. The summed E-state index contributed by atoms with van der Waals surface area (Å²) in [5.41, 5.74) is 0. The molecule has 0 aliphatic heterocycles. The first-order chi connectivity index (χ1) is 2.56.